The first kappa shape index (κ1) is 25.0. The molecule has 0 unspecified atom stereocenters. The molecule has 0 saturated heterocycles. The summed E-state index contributed by atoms with van der Waals surface area (Å²) >= 11 is 0. The van der Waals surface area contributed by atoms with E-state index < -0.39 is 0 Å². The SMILES string of the molecule is CCOc1ccc(CCNC(=NCC(=O)N(C)C)NCCc2ccccc2)cc1OCC. The predicted molar refractivity (Wildman–Crippen MR) is 130 cm³/mol. The van der Waals surface area contributed by atoms with Gasteiger partial charge in [0, 0.05) is 27.2 Å². The van der Waals surface area contributed by atoms with Crippen LogP contribution in [0.25, 0.3) is 0 Å². The second-order valence-corrected chi connectivity index (χ2v) is 7.44. The molecule has 0 heterocycles. The Morgan fingerprint density at radius 1 is 0.875 bits per heavy atom. The van der Waals surface area contributed by atoms with Crippen LogP contribution in [0.5, 0.6) is 11.5 Å². The van der Waals surface area contributed by atoms with Crippen molar-refractivity contribution in [2.24, 2.45) is 4.99 Å². The van der Waals surface area contributed by atoms with Crippen molar-refractivity contribution in [1.82, 2.24) is 15.5 Å². The second kappa shape index (κ2) is 14.0. The third-order valence-corrected chi connectivity index (χ3v) is 4.73. The van der Waals surface area contributed by atoms with Gasteiger partial charge in [-0.3, -0.25) is 4.79 Å². The highest BCUT2D eigenvalue weighted by Crippen LogP contribution is 2.28. The van der Waals surface area contributed by atoms with E-state index in [1.54, 1.807) is 19.0 Å². The Labute approximate surface area is 191 Å². The second-order valence-electron chi connectivity index (χ2n) is 7.44. The molecule has 2 rings (SSSR count). The highest BCUT2D eigenvalue weighted by atomic mass is 16.5. The molecule has 0 fully saturated rings. The van der Waals surface area contributed by atoms with Crippen molar-refractivity contribution in [2.45, 2.75) is 26.7 Å². The summed E-state index contributed by atoms with van der Waals surface area (Å²) in [5.41, 5.74) is 2.39. The van der Waals surface area contributed by atoms with Gasteiger partial charge in [-0.2, -0.15) is 0 Å². The number of hydrogen-bond acceptors (Lipinski definition) is 4. The van der Waals surface area contributed by atoms with Crippen molar-refractivity contribution in [3.8, 4) is 11.5 Å². The molecule has 2 aromatic rings. The highest BCUT2D eigenvalue weighted by molar-refractivity contribution is 5.84. The molecule has 0 spiro atoms. The summed E-state index contributed by atoms with van der Waals surface area (Å²) in [6.45, 7) is 6.61. The maximum Gasteiger partial charge on any atom is 0.243 e. The van der Waals surface area contributed by atoms with E-state index in [0.717, 1.165) is 36.4 Å². The highest BCUT2D eigenvalue weighted by Gasteiger charge is 2.08. The van der Waals surface area contributed by atoms with E-state index in [2.05, 4.69) is 27.8 Å². The van der Waals surface area contributed by atoms with E-state index in [4.69, 9.17) is 9.47 Å². The van der Waals surface area contributed by atoms with Gasteiger partial charge in [0.25, 0.3) is 0 Å². The van der Waals surface area contributed by atoms with Gasteiger partial charge in [-0.25, -0.2) is 4.99 Å². The Kier molecular flexibility index (Phi) is 10.9. The van der Waals surface area contributed by atoms with Crippen molar-refractivity contribution in [3.63, 3.8) is 0 Å². The number of amides is 1. The van der Waals surface area contributed by atoms with Crippen LogP contribution >= 0.6 is 0 Å². The van der Waals surface area contributed by atoms with Gasteiger partial charge in [0.1, 0.15) is 6.54 Å². The zero-order valence-corrected chi connectivity index (χ0v) is 19.7. The van der Waals surface area contributed by atoms with E-state index in [1.165, 1.54) is 5.56 Å². The van der Waals surface area contributed by atoms with Crippen molar-refractivity contribution in [2.75, 3.05) is 46.9 Å². The Balaban J connectivity index is 1.95. The van der Waals surface area contributed by atoms with Gasteiger partial charge in [0.15, 0.2) is 17.5 Å². The van der Waals surface area contributed by atoms with Crippen LogP contribution in [0.1, 0.15) is 25.0 Å². The lowest BCUT2D eigenvalue weighted by Gasteiger charge is -2.15. The molecular formula is C25H36N4O3. The summed E-state index contributed by atoms with van der Waals surface area (Å²) in [6, 6.07) is 16.3. The zero-order chi connectivity index (χ0) is 23.2. The molecule has 0 aromatic heterocycles. The number of likely N-dealkylation sites (N-methyl/N-ethyl adjacent to an activating group) is 1. The van der Waals surface area contributed by atoms with Gasteiger partial charge in [0.2, 0.25) is 5.91 Å². The van der Waals surface area contributed by atoms with Crippen LogP contribution in [-0.4, -0.2) is 63.7 Å². The van der Waals surface area contributed by atoms with E-state index in [9.17, 15) is 4.79 Å². The zero-order valence-electron chi connectivity index (χ0n) is 19.7. The quantitative estimate of drug-likeness (QED) is 0.392. The summed E-state index contributed by atoms with van der Waals surface area (Å²) in [4.78, 5) is 18.0. The van der Waals surface area contributed by atoms with Gasteiger partial charge >= 0.3 is 0 Å². The molecular weight excluding hydrogens is 404 g/mol. The average molecular weight is 441 g/mol. The van der Waals surface area contributed by atoms with Crippen LogP contribution in [0, 0.1) is 0 Å². The third kappa shape index (κ3) is 8.88. The number of carbonyl (C=O) groups is 1. The van der Waals surface area contributed by atoms with Crippen LogP contribution in [0.2, 0.25) is 0 Å². The van der Waals surface area contributed by atoms with E-state index in [-0.39, 0.29) is 12.5 Å². The molecule has 2 N–H and O–H groups in total. The molecule has 0 aliphatic rings. The predicted octanol–water partition coefficient (Wildman–Crippen LogP) is 2.89. The maximum atomic E-state index is 12.0. The van der Waals surface area contributed by atoms with Crippen molar-refractivity contribution in [1.29, 1.82) is 0 Å². The van der Waals surface area contributed by atoms with Gasteiger partial charge in [0.05, 0.1) is 13.2 Å². The number of nitrogens with zero attached hydrogens (tertiary/aromatic N) is 2. The van der Waals surface area contributed by atoms with Gasteiger partial charge in [-0.05, 0) is 49.9 Å². The van der Waals surface area contributed by atoms with Crippen LogP contribution in [0.4, 0.5) is 0 Å². The number of nitrogens with one attached hydrogen (secondary N) is 2. The molecule has 0 aliphatic heterocycles. The third-order valence-electron chi connectivity index (χ3n) is 4.73. The lowest BCUT2D eigenvalue weighted by molar-refractivity contribution is -0.127. The molecule has 174 valence electrons. The summed E-state index contributed by atoms with van der Waals surface area (Å²) in [6.07, 6.45) is 1.66. The lowest BCUT2D eigenvalue weighted by atomic mass is 10.1. The number of rotatable bonds is 12. The Hall–Kier alpha value is -3.22. The first-order valence-electron chi connectivity index (χ1n) is 11.2. The lowest BCUT2D eigenvalue weighted by Crippen LogP contribution is -2.40. The van der Waals surface area contributed by atoms with Crippen LogP contribution < -0.4 is 20.1 Å². The molecule has 0 aliphatic carbocycles. The summed E-state index contributed by atoms with van der Waals surface area (Å²) in [7, 11) is 3.46. The van der Waals surface area contributed by atoms with Crippen molar-refractivity contribution < 1.29 is 14.3 Å². The Morgan fingerprint density at radius 2 is 1.50 bits per heavy atom. The molecule has 1 amide bonds. The number of guanidine groups is 1. The molecule has 0 saturated carbocycles. The van der Waals surface area contributed by atoms with E-state index >= 15 is 0 Å². The molecule has 7 nitrogen and oxygen atoms in total. The summed E-state index contributed by atoms with van der Waals surface area (Å²) in [5.74, 6) is 2.12. The van der Waals surface area contributed by atoms with Crippen molar-refractivity contribution >= 4 is 11.9 Å². The average Bonchev–Trinajstić information content (AvgIpc) is 2.79. The number of aliphatic imine (C=N–C) groups is 1. The number of hydrogen-bond donors (Lipinski definition) is 2. The Bertz CT molecular complexity index is 854. The Morgan fingerprint density at radius 3 is 2.12 bits per heavy atom. The van der Waals surface area contributed by atoms with Crippen LogP contribution in [0.15, 0.2) is 53.5 Å². The number of ether oxygens (including phenoxy) is 2. The van der Waals surface area contributed by atoms with Gasteiger partial charge in [-0.15, -0.1) is 0 Å². The monoisotopic (exact) mass is 440 g/mol. The smallest absolute Gasteiger partial charge is 0.243 e. The first-order chi connectivity index (χ1) is 15.5. The standard InChI is InChI=1S/C25H36N4O3/c1-5-31-22-13-12-21(18-23(22)32-6-2)15-17-27-25(28-19-24(30)29(3)4)26-16-14-20-10-8-7-9-11-20/h7-13,18H,5-6,14-17,19H2,1-4H3,(H2,26,27,28). The van der Waals surface area contributed by atoms with Crippen LogP contribution in [0.3, 0.4) is 0 Å². The largest absolute Gasteiger partial charge is 0.490 e. The molecule has 32 heavy (non-hydrogen) atoms. The van der Waals surface area contributed by atoms with Crippen molar-refractivity contribution in [3.05, 3.63) is 59.7 Å². The molecule has 7 heteroatoms. The van der Waals surface area contributed by atoms with E-state index in [1.807, 2.05) is 50.2 Å². The molecule has 0 atom stereocenters. The topological polar surface area (TPSA) is 75.2 Å². The summed E-state index contributed by atoms with van der Waals surface area (Å²) in [5, 5.41) is 6.67. The first-order valence-corrected chi connectivity index (χ1v) is 11.2. The molecule has 0 bridgehead atoms. The molecule has 2 aromatic carbocycles. The van der Waals surface area contributed by atoms with Gasteiger partial charge in [-0.1, -0.05) is 36.4 Å². The fourth-order valence-corrected chi connectivity index (χ4v) is 3.01. The fraction of sp³-hybridized carbons (Fsp3) is 0.440. The van der Waals surface area contributed by atoms with Gasteiger partial charge < -0.3 is 25.0 Å². The van der Waals surface area contributed by atoms with E-state index in [0.29, 0.717) is 25.7 Å². The fourth-order valence-electron chi connectivity index (χ4n) is 3.01. The minimum Gasteiger partial charge on any atom is -0.490 e. The number of carbonyl (C=O) groups excluding carboxylic acids is 1. The maximum absolute atomic E-state index is 12.0. The number of benzene rings is 2. The summed E-state index contributed by atoms with van der Waals surface area (Å²) < 4.78 is 11.4. The minimum atomic E-state index is -0.0398. The molecule has 0 radical (unpaired) electrons. The van der Waals surface area contributed by atoms with Crippen LogP contribution in [-0.2, 0) is 17.6 Å². The minimum absolute atomic E-state index is 0.0398. The normalized spacial score (nSPS) is 11.1.